The van der Waals surface area contributed by atoms with Gasteiger partial charge in [0.05, 0.1) is 0 Å². The highest BCUT2D eigenvalue weighted by atomic mass is 15.2. The molecule has 106 valence electrons. The first-order valence-corrected chi connectivity index (χ1v) is 7.96. The summed E-state index contributed by atoms with van der Waals surface area (Å²) in [6.45, 7) is 10.9. The molecule has 3 atom stereocenters. The zero-order valence-corrected chi connectivity index (χ0v) is 12.3. The second-order valence-electron chi connectivity index (χ2n) is 6.13. The van der Waals surface area contributed by atoms with Gasteiger partial charge < -0.3 is 10.6 Å². The Bertz CT molecular complexity index is 244. The topological polar surface area (TPSA) is 32.5 Å². The third kappa shape index (κ3) is 3.46. The number of nitrogens with zero attached hydrogens (tertiary/aromatic N) is 2. The van der Waals surface area contributed by atoms with Gasteiger partial charge in [-0.05, 0) is 57.8 Å². The number of piperidine rings is 1. The lowest BCUT2D eigenvalue weighted by molar-refractivity contribution is 0.0976. The van der Waals surface area contributed by atoms with E-state index in [1.165, 1.54) is 64.8 Å². The van der Waals surface area contributed by atoms with Gasteiger partial charge in [-0.3, -0.25) is 4.90 Å². The van der Waals surface area contributed by atoms with Gasteiger partial charge in [0, 0.05) is 18.6 Å². The summed E-state index contributed by atoms with van der Waals surface area (Å²) in [5, 5.41) is 0. The smallest absolute Gasteiger partial charge is 0.0108 e. The molecule has 3 unspecified atom stereocenters. The average Bonchev–Trinajstić information content (AvgIpc) is 2.64. The first kappa shape index (κ1) is 14.3. The molecule has 0 aliphatic carbocycles. The van der Waals surface area contributed by atoms with Crippen LogP contribution in [0.4, 0.5) is 0 Å². The quantitative estimate of drug-likeness (QED) is 0.834. The van der Waals surface area contributed by atoms with E-state index in [2.05, 4.69) is 23.6 Å². The predicted molar refractivity (Wildman–Crippen MR) is 77.7 cm³/mol. The molecule has 0 saturated carbocycles. The Morgan fingerprint density at radius 3 is 2.61 bits per heavy atom. The lowest BCUT2D eigenvalue weighted by atomic mass is 9.89. The molecule has 2 N–H and O–H groups in total. The van der Waals surface area contributed by atoms with Gasteiger partial charge in [-0.2, -0.15) is 0 Å². The maximum Gasteiger partial charge on any atom is 0.0108 e. The zero-order valence-electron chi connectivity index (χ0n) is 12.3. The van der Waals surface area contributed by atoms with Crippen molar-refractivity contribution in [2.24, 2.45) is 11.7 Å². The van der Waals surface area contributed by atoms with Crippen molar-refractivity contribution >= 4 is 0 Å². The molecular formula is C15H31N3. The summed E-state index contributed by atoms with van der Waals surface area (Å²) in [5.41, 5.74) is 6.22. The molecule has 2 heterocycles. The SMILES string of the molecule is CCC1CN(C2CCCN(CC)CC2)CCC1N. The molecule has 0 aromatic heterocycles. The van der Waals surface area contributed by atoms with E-state index < -0.39 is 0 Å². The maximum atomic E-state index is 6.22. The summed E-state index contributed by atoms with van der Waals surface area (Å²) < 4.78 is 0. The first-order valence-electron chi connectivity index (χ1n) is 7.96. The zero-order chi connectivity index (χ0) is 13.0. The molecule has 2 aliphatic rings. The van der Waals surface area contributed by atoms with E-state index in [1.807, 2.05) is 0 Å². The molecule has 3 nitrogen and oxygen atoms in total. The second-order valence-corrected chi connectivity index (χ2v) is 6.13. The Morgan fingerprint density at radius 1 is 1.06 bits per heavy atom. The molecule has 2 aliphatic heterocycles. The number of hydrogen-bond donors (Lipinski definition) is 1. The van der Waals surface area contributed by atoms with Gasteiger partial charge >= 0.3 is 0 Å². The van der Waals surface area contributed by atoms with E-state index in [9.17, 15) is 0 Å². The van der Waals surface area contributed by atoms with Crippen LogP contribution in [0.15, 0.2) is 0 Å². The number of rotatable bonds is 3. The maximum absolute atomic E-state index is 6.22. The van der Waals surface area contributed by atoms with Crippen molar-refractivity contribution in [3.8, 4) is 0 Å². The minimum Gasteiger partial charge on any atom is -0.327 e. The van der Waals surface area contributed by atoms with Crippen molar-refractivity contribution in [3.05, 3.63) is 0 Å². The van der Waals surface area contributed by atoms with Crippen LogP contribution in [-0.2, 0) is 0 Å². The summed E-state index contributed by atoms with van der Waals surface area (Å²) in [4.78, 5) is 5.35. The van der Waals surface area contributed by atoms with Gasteiger partial charge in [-0.1, -0.05) is 20.3 Å². The Kier molecular flexibility index (Phi) is 5.46. The molecule has 0 bridgehead atoms. The highest BCUT2D eigenvalue weighted by Gasteiger charge is 2.30. The van der Waals surface area contributed by atoms with Crippen LogP contribution in [0.1, 0.15) is 46.0 Å². The molecule has 2 fully saturated rings. The molecule has 18 heavy (non-hydrogen) atoms. The monoisotopic (exact) mass is 253 g/mol. The van der Waals surface area contributed by atoms with Crippen LogP contribution in [0.25, 0.3) is 0 Å². The molecule has 0 aromatic rings. The third-order valence-corrected chi connectivity index (χ3v) is 5.10. The Morgan fingerprint density at radius 2 is 1.89 bits per heavy atom. The number of likely N-dealkylation sites (tertiary alicyclic amines) is 2. The van der Waals surface area contributed by atoms with Gasteiger partial charge in [0.15, 0.2) is 0 Å². The van der Waals surface area contributed by atoms with Crippen LogP contribution in [0, 0.1) is 5.92 Å². The van der Waals surface area contributed by atoms with Crippen molar-refractivity contribution in [1.29, 1.82) is 0 Å². The normalized spacial score (nSPS) is 36.5. The summed E-state index contributed by atoms with van der Waals surface area (Å²) in [5.74, 6) is 0.726. The van der Waals surface area contributed by atoms with Crippen LogP contribution >= 0.6 is 0 Å². The van der Waals surface area contributed by atoms with Gasteiger partial charge in [0.1, 0.15) is 0 Å². The van der Waals surface area contributed by atoms with E-state index >= 15 is 0 Å². The fourth-order valence-corrected chi connectivity index (χ4v) is 3.66. The van der Waals surface area contributed by atoms with Gasteiger partial charge in [-0.25, -0.2) is 0 Å². The van der Waals surface area contributed by atoms with Crippen LogP contribution < -0.4 is 5.73 Å². The van der Waals surface area contributed by atoms with E-state index in [4.69, 9.17) is 5.73 Å². The van der Waals surface area contributed by atoms with E-state index in [-0.39, 0.29) is 0 Å². The molecule has 3 heteroatoms. The van der Waals surface area contributed by atoms with Crippen molar-refractivity contribution < 1.29 is 0 Å². The van der Waals surface area contributed by atoms with Crippen molar-refractivity contribution in [3.63, 3.8) is 0 Å². The van der Waals surface area contributed by atoms with Gasteiger partial charge in [-0.15, -0.1) is 0 Å². The average molecular weight is 253 g/mol. The molecule has 0 amide bonds. The number of nitrogens with two attached hydrogens (primary N) is 1. The van der Waals surface area contributed by atoms with E-state index in [0.29, 0.717) is 6.04 Å². The van der Waals surface area contributed by atoms with Crippen LogP contribution in [0.2, 0.25) is 0 Å². The van der Waals surface area contributed by atoms with Gasteiger partial charge in [0.2, 0.25) is 0 Å². The Labute approximate surface area is 113 Å². The fourth-order valence-electron chi connectivity index (χ4n) is 3.66. The van der Waals surface area contributed by atoms with Crippen LogP contribution in [0.5, 0.6) is 0 Å². The first-order chi connectivity index (χ1) is 8.74. The Balaban J connectivity index is 1.87. The molecule has 0 radical (unpaired) electrons. The molecule has 2 rings (SSSR count). The summed E-state index contributed by atoms with van der Waals surface area (Å²) in [6, 6.07) is 1.27. The minimum atomic E-state index is 0.448. The molecule has 2 saturated heterocycles. The van der Waals surface area contributed by atoms with Crippen molar-refractivity contribution in [1.82, 2.24) is 9.80 Å². The van der Waals surface area contributed by atoms with E-state index in [1.54, 1.807) is 0 Å². The molecular weight excluding hydrogens is 222 g/mol. The van der Waals surface area contributed by atoms with Crippen LogP contribution in [-0.4, -0.2) is 54.6 Å². The summed E-state index contributed by atoms with van der Waals surface area (Å²) in [7, 11) is 0. The lowest BCUT2D eigenvalue weighted by Gasteiger charge is -2.41. The lowest BCUT2D eigenvalue weighted by Crippen LogP contribution is -2.50. The van der Waals surface area contributed by atoms with Gasteiger partial charge in [0.25, 0.3) is 0 Å². The van der Waals surface area contributed by atoms with E-state index in [0.717, 1.165) is 12.0 Å². The Hall–Kier alpha value is -0.120. The van der Waals surface area contributed by atoms with Crippen molar-refractivity contribution in [2.75, 3.05) is 32.7 Å². The molecule has 0 spiro atoms. The highest BCUT2D eigenvalue weighted by Crippen LogP contribution is 2.24. The van der Waals surface area contributed by atoms with Crippen molar-refractivity contribution in [2.45, 2.75) is 58.0 Å². The third-order valence-electron chi connectivity index (χ3n) is 5.10. The molecule has 0 aromatic carbocycles. The second kappa shape index (κ2) is 6.88. The highest BCUT2D eigenvalue weighted by molar-refractivity contribution is 4.87. The largest absolute Gasteiger partial charge is 0.327 e. The summed E-state index contributed by atoms with van der Waals surface area (Å²) >= 11 is 0. The fraction of sp³-hybridized carbons (Fsp3) is 1.00. The standard InChI is InChI=1S/C15H31N3/c1-3-13-12-18(11-8-15(13)16)14-6-5-9-17(4-2)10-7-14/h13-15H,3-12,16H2,1-2H3. The van der Waals surface area contributed by atoms with Crippen LogP contribution in [0.3, 0.4) is 0 Å². The number of hydrogen-bond acceptors (Lipinski definition) is 3. The predicted octanol–water partition coefficient (Wildman–Crippen LogP) is 1.92. The minimum absolute atomic E-state index is 0.448. The summed E-state index contributed by atoms with van der Waals surface area (Å²) in [6.07, 6.45) is 6.57.